The molecule has 0 N–H and O–H groups in total. The van der Waals surface area contributed by atoms with E-state index in [2.05, 4.69) is 6.58 Å². The molecule has 0 amide bonds. The predicted octanol–water partition coefficient (Wildman–Crippen LogP) is 3.90. The Morgan fingerprint density at radius 1 is 1.40 bits per heavy atom. The summed E-state index contributed by atoms with van der Waals surface area (Å²) in [6.07, 6.45) is -3.66. The van der Waals surface area contributed by atoms with Gasteiger partial charge in [-0.15, -0.1) is 0 Å². The average molecular weight is 222 g/mol. The minimum atomic E-state index is -4.46. The molecule has 0 aliphatic heterocycles. The third kappa shape index (κ3) is 1.64. The molecule has 88 valence electrons. The minimum Gasteiger partial charge on any atom is -0.482 e. The molecule has 0 radical (unpaired) electrons. The summed E-state index contributed by atoms with van der Waals surface area (Å²) in [6, 6.07) is 0. The SMILES string of the molecule is C=C(OC1(C)[C@@H](C)C1(C)CC)C(F)(F)F. The first kappa shape index (κ1) is 12.4. The fourth-order valence-electron chi connectivity index (χ4n) is 2.28. The van der Waals surface area contributed by atoms with E-state index < -0.39 is 17.5 Å². The van der Waals surface area contributed by atoms with Gasteiger partial charge >= 0.3 is 6.18 Å². The van der Waals surface area contributed by atoms with Crippen molar-refractivity contribution in [3.8, 4) is 0 Å². The lowest BCUT2D eigenvalue weighted by atomic mass is 10.0. The van der Waals surface area contributed by atoms with Crippen LogP contribution in [-0.4, -0.2) is 11.8 Å². The van der Waals surface area contributed by atoms with Crippen LogP contribution in [0.25, 0.3) is 0 Å². The summed E-state index contributed by atoms with van der Waals surface area (Å²) in [5.41, 5.74) is -0.907. The summed E-state index contributed by atoms with van der Waals surface area (Å²) in [6.45, 7) is 10.5. The van der Waals surface area contributed by atoms with Gasteiger partial charge in [-0.1, -0.05) is 27.4 Å². The highest BCUT2D eigenvalue weighted by Gasteiger charge is 2.70. The van der Waals surface area contributed by atoms with Crippen LogP contribution in [0.15, 0.2) is 12.3 Å². The van der Waals surface area contributed by atoms with E-state index in [9.17, 15) is 13.2 Å². The Morgan fingerprint density at radius 3 is 2.13 bits per heavy atom. The number of allylic oxidation sites excluding steroid dienone is 1. The van der Waals surface area contributed by atoms with Crippen LogP contribution in [0.3, 0.4) is 0 Å². The molecule has 1 nitrogen and oxygen atoms in total. The van der Waals surface area contributed by atoms with Crippen LogP contribution in [-0.2, 0) is 4.74 Å². The molecule has 1 aliphatic carbocycles. The molecule has 0 aromatic heterocycles. The summed E-state index contributed by atoms with van der Waals surface area (Å²) in [5, 5.41) is 0. The van der Waals surface area contributed by atoms with E-state index in [1.807, 2.05) is 20.8 Å². The van der Waals surface area contributed by atoms with Crippen molar-refractivity contribution in [2.24, 2.45) is 11.3 Å². The van der Waals surface area contributed by atoms with Crippen LogP contribution in [0.2, 0.25) is 0 Å². The van der Waals surface area contributed by atoms with E-state index >= 15 is 0 Å². The van der Waals surface area contributed by atoms with Crippen LogP contribution in [0, 0.1) is 11.3 Å². The molecule has 0 heterocycles. The molecule has 1 aliphatic rings. The van der Waals surface area contributed by atoms with Gasteiger partial charge in [-0.05, 0) is 13.3 Å². The van der Waals surface area contributed by atoms with Gasteiger partial charge in [0.2, 0.25) is 0 Å². The van der Waals surface area contributed by atoms with Gasteiger partial charge in [0.15, 0.2) is 5.76 Å². The fraction of sp³-hybridized carbons (Fsp3) is 0.818. The van der Waals surface area contributed by atoms with E-state index in [0.717, 1.165) is 6.42 Å². The third-order valence-electron chi connectivity index (χ3n) is 4.22. The van der Waals surface area contributed by atoms with Gasteiger partial charge in [-0.3, -0.25) is 0 Å². The van der Waals surface area contributed by atoms with Crippen molar-refractivity contribution in [3.63, 3.8) is 0 Å². The van der Waals surface area contributed by atoms with Gasteiger partial charge in [-0.2, -0.15) is 13.2 Å². The van der Waals surface area contributed by atoms with Crippen LogP contribution in [0.1, 0.15) is 34.1 Å². The van der Waals surface area contributed by atoms with Crippen LogP contribution < -0.4 is 0 Å². The molecule has 0 saturated heterocycles. The summed E-state index contributed by atoms with van der Waals surface area (Å²) in [7, 11) is 0. The zero-order valence-corrected chi connectivity index (χ0v) is 9.53. The van der Waals surface area contributed by atoms with E-state index in [1.165, 1.54) is 0 Å². The van der Waals surface area contributed by atoms with Gasteiger partial charge in [0.1, 0.15) is 5.60 Å². The van der Waals surface area contributed by atoms with Crippen molar-refractivity contribution in [1.82, 2.24) is 0 Å². The van der Waals surface area contributed by atoms with Gasteiger partial charge in [0.05, 0.1) is 0 Å². The summed E-state index contributed by atoms with van der Waals surface area (Å²) < 4.78 is 41.8. The zero-order valence-electron chi connectivity index (χ0n) is 9.53. The molecule has 4 heteroatoms. The van der Waals surface area contributed by atoms with Crippen molar-refractivity contribution in [2.75, 3.05) is 0 Å². The number of halogens is 3. The third-order valence-corrected chi connectivity index (χ3v) is 4.22. The first-order chi connectivity index (χ1) is 6.59. The molecular formula is C11H17F3O. The smallest absolute Gasteiger partial charge is 0.448 e. The maximum atomic E-state index is 12.3. The zero-order chi connectivity index (χ0) is 12.1. The van der Waals surface area contributed by atoms with Gasteiger partial charge in [0, 0.05) is 11.3 Å². The van der Waals surface area contributed by atoms with Crippen LogP contribution >= 0.6 is 0 Å². The molecule has 3 atom stereocenters. The predicted molar refractivity (Wildman–Crippen MR) is 52.2 cm³/mol. The number of hydrogen-bond acceptors (Lipinski definition) is 1. The monoisotopic (exact) mass is 222 g/mol. The second-order valence-electron chi connectivity index (χ2n) is 4.62. The van der Waals surface area contributed by atoms with Crippen LogP contribution in [0.4, 0.5) is 13.2 Å². The second-order valence-corrected chi connectivity index (χ2v) is 4.62. The molecule has 15 heavy (non-hydrogen) atoms. The van der Waals surface area contributed by atoms with Crippen molar-refractivity contribution in [2.45, 2.75) is 45.9 Å². The highest BCUT2D eigenvalue weighted by Crippen LogP contribution is 2.66. The average Bonchev–Trinajstić information content (AvgIpc) is 2.51. The molecule has 1 fully saturated rings. The quantitative estimate of drug-likeness (QED) is 0.658. The van der Waals surface area contributed by atoms with Gasteiger partial charge in [0.25, 0.3) is 0 Å². The Hall–Kier alpha value is -0.670. The standard InChI is InChI=1S/C11H17F3O/c1-6-9(4)7(2)10(9,5)15-8(3)11(12,13)14/h7H,3,6H2,1-2,4-5H3/t7-,9?,10?/m0/s1. The number of hydrogen-bond donors (Lipinski definition) is 0. The normalized spacial score (nSPS) is 40.1. The number of ether oxygens (including phenoxy) is 1. The van der Waals surface area contributed by atoms with Crippen LogP contribution in [0.5, 0.6) is 0 Å². The number of alkyl halides is 3. The van der Waals surface area contributed by atoms with Crippen molar-refractivity contribution >= 4 is 0 Å². The topological polar surface area (TPSA) is 9.23 Å². The van der Waals surface area contributed by atoms with Gasteiger partial charge < -0.3 is 4.74 Å². The first-order valence-electron chi connectivity index (χ1n) is 5.04. The lowest BCUT2D eigenvalue weighted by Crippen LogP contribution is -2.24. The molecule has 0 bridgehead atoms. The van der Waals surface area contributed by atoms with Crippen molar-refractivity contribution < 1.29 is 17.9 Å². The lowest BCUT2D eigenvalue weighted by Gasteiger charge is -2.22. The highest BCUT2D eigenvalue weighted by atomic mass is 19.4. The molecule has 1 saturated carbocycles. The molecule has 1 rings (SSSR count). The first-order valence-corrected chi connectivity index (χ1v) is 5.04. The van der Waals surface area contributed by atoms with Gasteiger partial charge in [-0.25, -0.2) is 0 Å². The highest BCUT2D eigenvalue weighted by molar-refractivity contribution is 5.19. The maximum absolute atomic E-state index is 12.3. The van der Waals surface area contributed by atoms with E-state index in [4.69, 9.17) is 4.74 Å². The van der Waals surface area contributed by atoms with Crippen molar-refractivity contribution in [3.05, 3.63) is 12.3 Å². The number of rotatable bonds is 3. The Labute approximate surface area is 88.3 Å². The fourth-order valence-corrected chi connectivity index (χ4v) is 2.28. The molecule has 0 spiro atoms. The largest absolute Gasteiger partial charge is 0.482 e. The molecular weight excluding hydrogens is 205 g/mol. The molecule has 0 aromatic rings. The lowest BCUT2D eigenvalue weighted by molar-refractivity contribution is -0.145. The Kier molecular flexibility index (Phi) is 2.61. The Morgan fingerprint density at radius 2 is 1.87 bits per heavy atom. The summed E-state index contributed by atoms with van der Waals surface area (Å²) in [5.74, 6) is -0.969. The summed E-state index contributed by atoms with van der Waals surface area (Å²) in [4.78, 5) is 0. The molecule has 2 unspecified atom stereocenters. The van der Waals surface area contributed by atoms with E-state index in [1.54, 1.807) is 6.92 Å². The minimum absolute atomic E-state index is 0.120. The van der Waals surface area contributed by atoms with Crippen molar-refractivity contribution in [1.29, 1.82) is 0 Å². The summed E-state index contributed by atoms with van der Waals surface area (Å²) >= 11 is 0. The Bertz CT molecular complexity index is 284. The Balaban J connectivity index is 2.74. The maximum Gasteiger partial charge on any atom is 0.448 e. The van der Waals surface area contributed by atoms with E-state index in [0.29, 0.717) is 0 Å². The van der Waals surface area contributed by atoms with E-state index in [-0.39, 0.29) is 11.3 Å². The second kappa shape index (κ2) is 3.16. The molecule has 0 aromatic carbocycles.